The average Bonchev–Trinajstić information content (AvgIpc) is 3.28. The summed E-state index contributed by atoms with van der Waals surface area (Å²) in [5.41, 5.74) is 2.27. The minimum absolute atomic E-state index is 0.0114. The third-order valence-corrected chi connectivity index (χ3v) is 5.29. The molecule has 1 unspecified atom stereocenters. The Labute approximate surface area is 150 Å². The predicted molar refractivity (Wildman–Crippen MR) is 94.8 cm³/mol. The van der Waals surface area contributed by atoms with Crippen LogP contribution in [0.15, 0.2) is 18.6 Å². The Kier molecular flexibility index (Phi) is 3.51. The van der Waals surface area contributed by atoms with Crippen LogP contribution in [-0.4, -0.2) is 53.6 Å². The van der Waals surface area contributed by atoms with Gasteiger partial charge in [-0.05, 0) is 38.7 Å². The second kappa shape index (κ2) is 5.89. The summed E-state index contributed by atoms with van der Waals surface area (Å²) < 4.78 is 2.12. The highest BCUT2D eigenvalue weighted by molar-refractivity contribution is 5.96. The van der Waals surface area contributed by atoms with Gasteiger partial charge in [0.2, 0.25) is 0 Å². The molecule has 8 heteroatoms. The second-order valence-electron chi connectivity index (χ2n) is 7.32. The van der Waals surface area contributed by atoms with Crippen molar-refractivity contribution < 1.29 is 4.79 Å². The Bertz CT molecular complexity index is 971. The first-order valence-corrected chi connectivity index (χ1v) is 9.20. The zero-order valence-electron chi connectivity index (χ0n) is 14.7. The van der Waals surface area contributed by atoms with Crippen LogP contribution in [0.1, 0.15) is 59.6 Å². The standard InChI is InChI=1S/C18H21N7O/c1-11-21-16(23-22-11)12-3-2-6-24(9-12)18(26)13-7-15-17(19-8-13)25(10-20-15)14-4-5-14/h7-8,10,12,14H,2-6,9H2,1H3,(H,21,22,23). The van der Waals surface area contributed by atoms with Crippen molar-refractivity contribution in [1.82, 2.24) is 34.6 Å². The number of carbonyl (C=O) groups excluding carboxylic acids is 1. The summed E-state index contributed by atoms with van der Waals surface area (Å²) in [6.07, 6.45) is 7.85. The van der Waals surface area contributed by atoms with Crippen molar-refractivity contribution in [3.63, 3.8) is 0 Å². The summed E-state index contributed by atoms with van der Waals surface area (Å²) >= 11 is 0. The largest absolute Gasteiger partial charge is 0.338 e. The number of rotatable bonds is 3. The predicted octanol–water partition coefficient (Wildman–Crippen LogP) is 2.21. The van der Waals surface area contributed by atoms with Gasteiger partial charge in [-0.2, -0.15) is 5.10 Å². The van der Waals surface area contributed by atoms with Crippen LogP contribution in [0.25, 0.3) is 11.2 Å². The van der Waals surface area contributed by atoms with Crippen LogP contribution in [-0.2, 0) is 0 Å². The van der Waals surface area contributed by atoms with Gasteiger partial charge in [0.05, 0.1) is 11.9 Å². The van der Waals surface area contributed by atoms with E-state index in [-0.39, 0.29) is 11.8 Å². The van der Waals surface area contributed by atoms with E-state index in [9.17, 15) is 4.79 Å². The Hall–Kier alpha value is -2.77. The lowest BCUT2D eigenvalue weighted by Gasteiger charge is -2.31. The molecule has 1 saturated carbocycles. The zero-order valence-corrected chi connectivity index (χ0v) is 14.7. The van der Waals surface area contributed by atoms with Gasteiger partial charge in [-0.3, -0.25) is 9.89 Å². The molecule has 134 valence electrons. The fourth-order valence-corrected chi connectivity index (χ4v) is 3.75. The molecule has 5 rings (SSSR count). The van der Waals surface area contributed by atoms with E-state index in [1.54, 1.807) is 6.20 Å². The van der Waals surface area contributed by atoms with E-state index in [0.29, 0.717) is 18.2 Å². The molecule has 26 heavy (non-hydrogen) atoms. The van der Waals surface area contributed by atoms with E-state index in [2.05, 4.69) is 29.7 Å². The number of amides is 1. The fourth-order valence-electron chi connectivity index (χ4n) is 3.75. The molecule has 0 bridgehead atoms. The number of pyridine rings is 1. The zero-order chi connectivity index (χ0) is 17.7. The molecule has 1 atom stereocenters. The van der Waals surface area contributed by atoms with Crippen LogP contribution >= 0.6 is 0 Å². The Balaban J connectivity index is 1.37. The Morgan fingerprint density at radius 3 is 2.92 bits per heavy atom. The maximum atomic E-state index is 13.0. The molecule has 0 spiro atoms. The maximum absolute atomic E-state index is 13.0. The number of H-pyrrole nitrogens is 1. The van der Waals surface area contributed by atoms with Crippen LogP contribution in [0.4, 0.5) is 0 Å². The van der Waals surface area contributed by atoms with E-state index in [0.717, 1.165) is 42.2 Å². The smallest absolute Gasteiger partial charge is 0.255 e. The molecule has 1 amide bonds. The second-order valence-corrected chi connectivity index (χ2v) is 7.32. The lowest BCUT2D eigenvalue weighted by atomic mass is 9.97. The van der Waals surface area contributed by atoms with E-state index >= 15 is 0 Å². The van der Waals surface area contributed by atoms with Gasteiger partial charge >= 0.3 is 0 Å². The molecule has 3 aromatic rings. The Morgan fingerprint density at radius 2 is 2.15 bits per heavy atom. The van der Waals surface area contributed by atoms with Crippen molar-refractivity contribution in [2.75, 3.05) is 13.1 Å². The van der Waals surface area contributed by atoms with Gasteiger partial charge < -0.3 is 9.47 Å². The summed E-state index contributed by atoms with van der Waals surface area (Å²) in [5.74, 6) is 1.81. The summed E-state index contributed by atoms with van der Waals surface area (Å²) in [7, 11) is 0. The number of likely N-dealkylation sites (tertiary alicyclic amines) is 1. The molecular weight excluding hydrogens is 330 g/mol. The lowest BCUT2D eigenvalue weighted by Crippen LogP contribution is -2.39. The first kappa shape index (κ1) is 15.5. The molecule has 1 aliphatic carbocycles. The van der Waals surface area contributed by atoms with Crippen LogP contribution in [0.3, 0.4) is 0 Å². The number of piperidine rings is 1. The van der Waals surface area contributed by atoms with Crippen molar-refractivity contribution in [1.29, 1.82) is 0 Å². The van der Waals surface area contributed by atoms with Gasteiger partial charge in [0.25, 0.3) is 5.91 Å². The van der Waals surface area contributed by atoms with E-state index < -0.39 is 0 Å². The molecule has 8 nitrogen and oxygen atoms in total. The fraction of sp³-hybridized carbons (Fsp3) is 0.500. The summed E-state index contributed by atoms with van der Waals surface area (Å²) in [6, 6.07) is 2.39. The number of fused-ring (bicyclic) bond motifs is 1. The molecule has 1 aliphatic heterocycles. The van der Waals surface area contributed by atoms with Crippen molar-refractivity contribution in [2.24, 2.45) is 0 Å². The topological polar surface area (TPSA) is 92.6 Å². The summed E-state index contributed by atoms with van der Waals surface area (Å²) in [6.45, 7) is 3.29. The quantitative estimate of drug-likeness (QED) is 0.781. The number of hydrogen-bond acceptors (Lipinski definition) is 5. The van der Waals surface area contributed by atoms with Gasteiger partial charge in [-0.15, -0.1) is 0 Å². The van der Waals surface area contributed by atoms with Crippen LogP contribution in [0, 0.1) is 6.92 Å². The molecule has 1 saturated heterocycles. The first-order chi connectivity index (χ1) is 12.7. The lowest BCUT2D eigenvalue weighted by molar-refractivity contribution is 0.0704. The highest BCUT2D eigenvalue weighted by Crippen LogP contribution is 2.36. The van der Waals surface area contributed by atoms with Gasteiger partial charge in [0.1, 0.15) is 11.3 Å². The summed E-state index contributed by atoms with van der Waals surface area (Å²) in [4.78, 5) is 28.3. The van der Waals surface area contributed by atoms with Crippen molar-refractivity contribution in [2.45, 2.75) is 44.6 Å². The number of imidazole rings is 1. The van der Waals surface area contributed by atoms with E-state index in [4.69, 9.17) is 0 Å². The third-order valence-electron chi connectivity index (χ3n) is 5.29. The molecule has 2 fully saturated rings. The summed E-state index contributed by atoms with van der Waals surface area (Å²) in [5, 5.41) is 7.17. The van der Waals surface area contributed by atoms with E-state index in [1.165, 1.54) is 12.8 Å². The average molecular weight is 351 g/mol. The van der Waals surface area contributed by atoms with Gasteiger partial charge in [-0.25, -0.2) is 15.0 Å². The monoisotopic (exact) mass is 351 g/mol. The van der Waals surface area contributed by atoms with Gasteiger partial charge in [0.15, 0.2) is 11.5 Å². The first-order valence-electron chi connectivity index (χ1n) is 9.20. The number of carbonyl (C=O) groups is 1. The number of aromatic amines is 1. The van der Waals surface area contributed by atoms with Crippen LogP contribution in [0.5, 0.6) is 0 Å². The normalized spacial score (nSPS) is 20.7. The Morgan fingerprint density at radius 1 is 1.27 bits per heavy atom. The van der Waals surface area contributed by atoms with Crippen molar-refractivity contribution >= 4 is 17.1 Å². The number of aryl methyl sites for hydroxylation is 1. The number of nitrogens with one attached hydrogen (secondary N) is 1. The van der Waals surface area contributed by atoms with Crippen molar-refractivity contribution in [3.8, 4) is 0 Å². The SMILES string of the molecule is Cc1nc(C2CCCN(C(=O)c3cnc4c(c3)ncn4C3CC3)C2)n[nH]1. The maximum Gasteiger partial charge on any atom is 0.255 e. The van der Waals surface area contributed by atoms with Crippen molar-refractivity contribution in [3.05, 3.63) is 35.8 Å². The number of hydrogen-bond donors (Lipinski definition) is 1. The number of nitrogens with zero attached hydrogens (tertiary/aromatic N) is 6. The molecule has 3 aromatic heterocycles. The highest BCUT2D eigenvalue weighted by Gasteiger charge is 2.29. The van der Waals surface area contributed by atoms with Crippen LogP contribution < -0.4 is 0 Å². The van der Waals surface area contributed by atoms with E-state index in [1.807, 2.05) is 24.2 Å². The molecular formula is C18H21N7O. The van der Waals surface area contributed by atoms with Gasteiger partial charge in [-0.1, -0.05) is 0 Å². The van der Waals surface area contributed by atoms with Crippen LogP contribution in [0.2, 0.25) is 0 Å². The third kappa shape index (κ3) is 2.65. The minimum atomic E-state index is 0.0114. The minimum Gasteiger partial charge on any atom is -0.338 e. The molecule has 0 radical (unpaired) electrons. The molecule has 2 aliphatic rings. The molecule has 1 N–H and O–H groups in total. The number of aromatic nitrogens is 6. The van der Waals surface area contributed by atoms with Gasteiger partial charge in [0, 0.05) is 31.2 Å². The molecule has 0 aromatic carbocycles. The highest BCUT2D eigenvalue weighted by atomic mass is 16.2. The molecule has 4 heterocycles.